The van der Waals surface area contributed by atoms with Gasteiger partial charge in [0.05, 0.1) is 12.0 Å². The largest absolute Gasteiger partial charge is 0.494 e. The molecule has 1 saturated heterocycles. The Hall–Kier alpha value is -0.890. The van der Waals surface area contributed by atoms with Crippen LogP contribution in [0.15, 0.2) is 23.1 Å². The molecule has 0 aromatic heterocycles. The van der Waals surface area contributed by atoms with Gasteiger partial charge in [0, 0.05) is 19.2 Å². The Bertz CT molecular complexity index is 568. The number of methoxy groups -OCH3 is 1. The Morgan fingerprint density at radius 2 is 2.20 bits per heavy atom. The van der Waals surface area contributed by atoms with Gasteiger partial charge in [-0.3, -0.25) is 0 Å². The van der Waals surface area contributed by atoms with Crippen LogP contribution in [0.2, 0.25) is 0 Å². The minimum absolute atomic E-state index is 0. The summed E-state index contributed by atoms with van der Waals surface area (Å²) in [6.07, 6.45) is 0.758. The Kier molecular flexibility index (Phi) is 5.76. The van der Waals surface area contributed by atoms with Gasteiger partial charge in [-0.05, 0) is 31.0 Å². The van der Waals surface area contributed by atoms with Crippen LogP contribution in [0.3, 0.4) is 0 Å². The molecule has 2 rings (SSSR count). The van der Waals surface area contributed by atoms with Crippen molar-refractivity contribution in [2.75, 3.05) is 26.7 Å². The highest BCUT2D eigenvalue weighted by Gasteiger charge is 2.32. The standard InChI is InChI=1S/C12H17FN2O3S.ClH/c1-18-12-6-10(2-3-11(12)13)19(16,17)15-5-4-9(7-14)8-15;/h2-3,6,9H,4-5,7-8,14H2,1H3;1H. The molecule has 1 heterocycles. The van der Waals surface area contributed by atoms with Gasteiger partial charge in [0.1, 0.15) is 0 Å². The summed E-state index contributed by atoms with van der Waals surface area (Å²) in [6, 6.07) is 3.56. The van der Waals surface area contributed by atoms with Crippen molar-refractivity contribution in [2.45, 2.75) is 11.3 Å². The highest BCUT2D eigenvalue weighted by Crippen LogP contribution is 2.27. The van der Waals surface area contributed by atoms with Gasteiger partial charge in [0.2, 0.25) is 10.0 Å². The molecule has 0 aliphatic carbocycles. The number of halogens is 2. The zero-order valence-corrected chi connectivity index (χ0v) is 12.7. The highest BCUT2D eigenvalue weighted by molar-refractivity contribution is 7.89. The second-order valence-corrected chi connectivity index (χ2v) is 6.49. The summed E-state index contributed by atoms with van der Waals surface area (Å²) in [5, 5.41) is 0. The molecule has 1 aromatic carbocycles. The van der Waals surface area contributed by atoms with Crippen molar-refractivity contribution >= 4 is 22.4 Å². The molecule has 0 radical (unpaired) electrons. The molecule has 1 aliphatic heterocycles. The molecule has 8 heteroatoms. The molecule has 0 bridgehead atoms. The first-order chi connectivity index (χ1) is 8.98. The van der Waals surface area contributed by atoms with E-state index in [-0.39, 0.29) is 29.0 Å². The van der Waals surface area contributed by atoms with Crippen LogP contribution in [-0.4, -0.2) is 39.5 Å². The van der Waals surface area contributed by atoms with E-state index in [9.17, 15) is 12.8 Å². The third kappa shape index (κ3) is 3.22. The van der Waals surface area contributed by atoms with Crippen LogP contribution in [0, 0.1) is 11.7 Å². The van der Waals surface area contributed by atoms with Crippen molar-refractivity contribution in [1.29, 1.82) is 0 Å². The van der Waals surface area contributed by atoms with Crippen molar-refractivity contribution in [1.82, 2.24) is 4.31 Å². The molecule has 2 N–H and O–H groups in total. The van der Waals surface area contributed by atoms with Gasteiger partial charge < -0.3 is 10.5 Å². The number of nitrogens with two attached hydrogens (primary N) is 1. The average molecular weight is 325 g/mol. The van der Waals surface area contributed by atoms with E-state index in [1.54, 1.807) is 0 Å². The molecule has 0 amide bonds. The molecule has 1 atom stereocenters. The number of nitrogens with zero attached hydrogens (tertiary/aromatic N) is 1. The lowest BCUT2D eigenvalue weighted by Crippen LogP contribution is -2.30. The fraction of sp³-hybridized carbons (Fsp3) is 0.500. The topological polar surface area (TPSA) is 72.6 Å². The maximum Gasteiger partial charge on any atom is 0.243 e. The van der Waals surface area contributed by atoms with Crippen LogP contribution < -0.4 is 10.5 Å². The smallest absolute Gasteiger partial charge is 0.243 e. The molecule has 1 unspecified atom stereocenters. The fourth-order valence-corrected chi connectivity index (χ4v) is 3.70. The van der Waals surface area contributed by atoms with Crippen molar-refractivity contribution < 1.29 is 17.5 Å². The minimum atomic E-state index is -3.60. The zero-order chi connectivity index (χ0) is 14.0. The summed E-state index contributed by atoms with van der Waals surface area (Å²) in [7, 11) is -2.30. The summed E-state index contributed by atoms with van der Waals surface area (Å²) in [5.74, 6) is -0.463. The van der Waals surface area contributed by atoms with E-state index in [4.69, 9.17) is 10.5 Å². The van der Waals surface area contributed by atoms with Gasteiger partial charge in [-0.1, -0.05) is 0 Å². The molecule has 114 valence electrons. The van der Waals surface area contributed by atoms with Crippen molar-refractivity contribution in [3.05, 3.63) is 24.0 Å². The van der Waals surface area contributed by atoms with Gasteiger partial charge in [0.25, 0.3) is 0 Å². The van der Waals surface area contributed by atoms with Gasteiger partial charge in [-0.15, -0.1) is 12.4 Å². The lowest BCUT2D eigenvalue weighted by Gasteiger charge is -2.17. The van der Waals surface area contributed by atoms with E-state index >= 15 is 0 Å². The van der Waals surface area contributed by atoms with Crippen LogP contribution >= 0.6 is 12.4 Å². The molecule has 20 heavy (non-hydrogen) atoms. The molecule has 0 spiro atoms. The molecule has 1 fully saturated rings. The third-order valence-electron chi connectivity index (χ3n) is 3.34. The maximum absolute atomic E-state index is 13.3. The fourth-order valence-electron chi connectivity index (χ4n) is 2.16. The molecular weight excluding hydrogens is 307 g/mol. The lowest BCUT2D eigenvalue weighted by atomic mass is 10.1. The number of ether oxygens (including phenoxy) is 1. The van der Waals surface area contributed by atoms with E-state index in [1.807, 2.05) is 0 Å². The molecule has 1 aliphatic rings. The summed E-state index contributed by atoms with van der Waals surface area (Å²) >= 11 is 0. The molecular formula is C12H18ClFN2O3S. The third-order valence-corrected chi connectivity index (χ3v) is 5.20. The minimum Gasteiger partial charge on any atom is -0.494 e. The van der Waals surface area contributed by atoms with Gasteiger partial charge >= 0.3 is 0 Å². The highest BCUT2D eigenvalue weighted by atomic mass is 35.5. The summed E-state index contributed by atoms with van der Waals surface area (Å²) in [6.45, 7) is 1.33. The Labute approximate surface area is 124 Å². The Morgan fingerprint density at radius 1 is 1.50 bits per heavy atom. The SMILES string of the molecule is COc1cc(S(=O)(=O)N2CCC(CN)C2)ccc1F.Cl. The zero-order valence-electron chi connectivity index (χ0n) is 11.1. The van der Waals surface area contributed by atoms with E-state index in [0.717, 1.165) is 12.5 Å². The monoisotopic (exact) mass is 324 g/mol. The number of sulfonamides is 1. The second kappa shape index (κ2) is 6.71. The molecule has 1 aromatic rings. The first kappa shape index (κ1) is 17.2. The summed E-state index contributed by atoms with van der Waals surface area (Å²) in [5.41, 5.74) is 5.55. The van der Waals surface area contributed by atoms with Crippen LogP contribution in [0.1, 0.15) is 6.42 Å². The molecule has 5 nitrogen and oxygen atoms in total. The van der Waals surface area contributed by atoms with Crippen molar-refractivity contribution in [2.24, 2.45) is 11.7 Å². The second-order valence-electron chi connectivity index (χ2n) is 4.55. The normalized spacial score (nSPS) is 19.6. The number of rotatable bonds is 4. The number of hydrogen-bond donors (Lipinski definition) is 1. The number of hydrogen-bond acceptors (Lipinski definition) is 4. The maximum atomic E-state index is 13.3. The lowest BCUT2D eigenvalue weighted by molar-refractivity contribution is 0.384. The van der Waals surface area contributed by atoms with E-state index in [0.29, 0.717) is 19.6 Å². The molecule has 0 saturated carbocycles. The van der Waals surface area contributed by atoms with Crippen LogP contribution in [0.5, 0.6) is 5.75 Å². The van der Waals surface area contributed by atoms with Crippen molar-refractivity contribution in [3.63, 3.8) is 0 Å². The van der Waals surface area contributed by atoms with Crippen molar-refractivity contribution in [3.8, 4) is 5.75 Å². The van der Waals surface area contributed by atoms with Crippen LogP contribution in [0.4, 0.5) is 4.39 Å². The Balaban J connectivity index is 0.00000200. The number of benzene rings is 1. The Morgan fingerprint density at radius 3 is 2.75 bits per heavy atom. The van der Waals surface area contributed by atoms with E-state index < -0.39 is 15.8 Å². The average Bonchev–Trinajstić information content (AvgIpc) is 2.88. The van der Waals surface area contributed by atoms with Crippen LogP contribution in [-0.2, 0) is 10.0 Å². The first-order valence-electron chi connectivity index (χ1n) is 6.02. The van der Waals surface area contributed by atoms with E-state index in [1.165, 1.54) is 23.5 Å². The van der Waals surface area contributed by atoms with Gasteiger partial charge in [0.15, 0.2) is 11.6 Å². The first-order valence-corrected chi connectivity index (χ1v) is 7.46. The summed E-state index contributed by atoms with van der Waals surface area (Å²) in [4.78, 5) is 0.0448. The van der Waals surface area contributed by atoms with Crippen LogP contribution in [0.25, 0.3) is 0 Å². The summed E-state index contributed by atoms with van der Waals surface area (Å²) < 4.78 is 44.3. The van der Waals surface area contributed by atoms with E-state index in [2.05, 4.69) is 0 Å². The predicted octanol–water partition coefficient (Wildman–Crippen LogP) is 1.23. The predicted molar refractivity (Wildman–Crippen MR) is 76.1 cm³/mol. The van der Waals surface area contributed by atoms with Gasteiger partial charge in [-0.2, -0.15) is 4.31 Å². The quantitative estimate of drug-likeness (QED) is 0.904. The van der Waals surface area contributed by atoms with Gasteiger partial charge in [-0.25, -0.2) is 12.8 Å².